The van der Waals surface area contributed by atoms with Gasteiger partial charge in [-0.15, -0.1) is 10.3 Å². The zero-order valence-electron chi connectivity index (χ0n) is 18.2. The number of hydrogen-bond acceptors (Lipinski definition) is 8. The van der Waals surface area contributed by atoms with Crippen LogP contribution in [0.3, 0.4) is 0 Å². The first-order valence-electron chi connectivity index (χ1n) is 10.2. The molecule has 1 aromatic carbocycles. The van der Waals surface area contributed by atoms with E-state index in [1.165, 1.54) is 0 Å². The lowest BCUT2D eigenvalue weighted by Crippen LogP contribution is -2.21. The summed E-state index contributed by atoms with van der Waals surface area (Å²) in [5, 5.41) is 6.60. The first-order chi connectivity index (χ1) is 14.4. The van der Waals surface area contributed by atoms with Crippen LogP contribution in [0.1, 0.15) is 53.4 Å². The van der Waals surface area contributed by atoms with E-state index >= 15 is 0 Å². The average molecular weight is 464 g/mol. The van der Waals surface area contributed by atoms with Crippen LogP contribution in [-0.4, -0.2) is 26.4 Å². The van der Waals surface area contributed by atoms with Crippen molar-refractivity contribution in [1.82, 2.24) is 5.20 Å². The van der Waals surface area contributed by atoms with Crippen molar-refractivity contribution in [3.05, 3.63) is 24.3 Å². The van der Waals surface area contributed by atoms with Crippen LogP contribution >= 0.6 is 15.5 Å². The van der Waals surface area contributed by atoms with E-state index in [-0.39, 0.29) is 13.2 Å². The van der Waals surface area contributed by atoms with E-state index in [1.54, 1.807) is 24.3 Å². The van der Waals surface area contributed by atoms with E-state index in [4.69, 9.17) is 18.1 Å². The van der Waals surface area contributed by atoms with Crippen LogP contribution < -0.4 is 10.6 Å². The van der Waals surface area contributed by atoms with Crippen LogP contribution in [-0.2, 0) is 27.2 Å². The minimum absolute atomic E-state index is 0.273. The van der Waals surface area contributed by atoms with Gasteiger partial charge < -0.3 is 5.43 Å². The maximum atomic E-state index is 12.6. The summed E-state index contributed by atoms with van der Waals surface area (Å²) in [4.78, 5) is 3.80. The molecule has 0 amide bonds. The van der Waals surface area contributed by atoms with E-state index in [1.807, 2.05) is 27.7 Å². The summed E-state index contributed by atoms with van der Waals surface area (Å²) in [6.45, 7) is 8.82. The van der Waals surface area contributed by atoms with Gasteiger partial charge >= 0.3 is 15.5 Å². The standard InChI is InChI=1S/C18H34N4O6P2/c1-5-13-25-29(23,26-14-6-2)21-19-17-9-11-18(12-10-17)20-22-30(24,27-15-7-3)28-16-8-4/h9-12,19H,5-8,13-16H2,1-4H3,(H,21,23). The molecule has 0 saturated heterocycles. The molecule has 0 atom stereocenters. The van der Waals surface area contributed by atoms with E-state index < -0.39 is 15.5 Å². The Bertz CT molecular complexity index is 693. The zero-order chi connectivity index (χ0) is 22.3. The molecular formula is C18H34N4O6P2. The number of nitrogens with zero attached hydrogens (tertiary/aromatic N) is 2. The summed E-state index contributed by atoms with van der Waals surface area (Å²) in [6.07, 6.45) is 2.82. The van der Waals surface area contributed by atoms with Gasteiger partial charge in [0.15, 0.2) is 0 Å². The fourth-order valence-corrected chi connectivity index (χ4v) is 4.41. The highest BCUT2D eigenvalue weighted by Crippen LogP contribution is 2.51. The number of benzene rings is 1. The van der Waals surface area contributed by atoms with Crippen LogP contribution in [0.5, 0.6) is 0 Å². The average Bonchev–Trinajstić information content (AvgIpc) is 2.77. The predicted octanol–water partition coefficient (Wildman–Crippen LogP) is 6.61. The van der Waals surface area contributed by atoms with Crippen molar-refractivity contribution >= 4 is 26.9 Å². The lowest BCUT2D eigenvalue weighted by atomic mass is 10.3. The van der Waals surface area contributed by atoms with Crippen molar-refractivity contribution < 1.29 is 27.2 Å². The van der Waals surface area contributed by atoms with Crippen molar-refractivity contribution in [3.8, 4) is 0 Å². The summed E-state index contributed by atoms with van der Waals surface area (Å²) < 4.78 is 46.4. The molecule has 12 heteroatoms. The summed E-state index contributed by atoms with van der Waals surface area (Å²) in [6, 6.07) is 6.69. The molecule has 0 saturated carbocycles. The molecule has 30 heavy (non-hydrogen) atoms. The molecule has 2 N–H and O–H groups in total. The van der Waals surface area contributed by atoms with E-state index in [0.29, 0.717) is 50.3 Å². The van der Waals surface area contributed by atoms with Crippen molar-refractivity contribution in [3.63, 3.8) is 0 Å². The van der Waals surface area contributed by atoms with Gasteiger partial charge in [-0.05, 0) is 49.9 Å². The molecule has 0 aliphatic carbocycles. The monoisotopic (exact) mass is 464 g/mol. The summed E-state index contributed by atoms with van der Waals surface area (Å²) in [5.74, 6) is 0. The quantitative estimate of drug-likeness (QED) is 0.150. The normalized spacial score (nSPS) is 12.5. The van der Waals surface area contributed by atoms with Crippen LogP contribution in [0, 0.1) is 0 Å². The molecule has 0 heterocycles. The second-order valence-electron chi connectivity index (χ2n) is 6.27. The summed E-state index contributed by atoms with van der Waals surface area (Å²) in [5.41, 5.74) is 3.90. The minimum atomic E-state index is -3.63. The summed E-state index contributed by atoms with van der Waals surface area (Å²) in [7, 11) is -7.09. The summed E-state index contributed by atoms with van der Waals surface area (Å²) >= 11 is 0. The molecule has 0 unspecified atom stereocenters. The van der Waals surface area contributed by atoms with Crippen molar-refractivity contribution in [2.75, 3.05) is 31.9 Å². The Kier molecular flexibility index (Phi) is 13.3. The van der Waals surface area contributed by atoms with Gasteiger partial charge in [-0.25, -0.2) is 9.13 Å². The number of anilines is 1. The zero-order valence-corrected chi connectivity index (χ0v) is 20.0. The number of hydrogen-bond donors (Lipinski definition) is 2. The number of nitrogens with one attached hydrogen (secondary N) is 2. The maximum Gasteiger partial charge on any atom is 0.472 e. The first kappa shape index (κ1) is 26.9. The Labute approximate surface area is 179 Å². The van der Waals surface area contributed by atoms with Crippen LogP contribution in [0.4, 0.5) is 11.4 Å². The molecule has 0 aliphatic rings. The molecule has 0 aliphatic heterocycles. The third-order valence-corrected chi connectivity index (χ3v) is 6.08. The van der Waals surface area contributed by atoms with Crippen molar-refractivity contribution in [2.45, 2.75) is 53.4 Å². The van der Waals surface area contributed by atoms with Crippen molar-refractivity contribution in [2.24, 2.45) is 10.00 Å². The molecule has 1 rings (SSSR count). The maximum absolute atomic E-state index is 12.6. The minimum Gasteiger partial charge on any atom is -0.312 e. The highest BCUT2D eigenvalue weighted by Gasteiger charge is 2.25. The highest BCUT2D eigenvalue weighted by molar-refractivity contribution is 7.52. The van der Waals surface area contributed by atoms with E-state index in [0.717, 1.165) is 0 Å². The fourth-order valence-electron chi connectivity index (χ4n) is 1.88. The van der Waals surface area contributed by atoms with Gasteiger partial charge in [0.25, 0.3) is 0 Å². The number of rotatable bonds is 17. The largest absolute Gasteiger partial charge is 0.472 e. The van der Waals surface area contributed by atoms with Gasteiger partial charge in [-0.3, -0.25) is 18.1 Å². The third kappa shape index (κ3) is 10.8. The number of hydrazine groups is 1. The fraction of sp³-hybridized carbons (Fsp3) is 0.667. The predicted molar refractivity (Wildman–Crippen MR) is 118 cm³/mol. The van der Waals surface area contributed by atoms with E-state index in [9.17, 15) is 9.13 Å². The van der Waals surface area contributed by atoms with Gasteiger partial charge in [-0.1, -0.05) is 32.6 Å². The second kappa shape index (κ2) is 14.8. The Hall–Kier alpha value is -1.12. The van der Waals surface area contributed by atoms with Crippen molar-refractivity contribution in [1.29, 1.82) is 0 Å². The van der Waals surface area contributed by atoms with Gasteiger partial charge in [0.05, 0.1) is 32.1 Å². The Balaban J connectivity index is 2.73. The molecule has 0 bridgehead atoms. The smallest absolute Gasteiger partial charge is 0.312 e. The molecule has 0 fully saturated rings. The van der Waals surface area contributed by atoms with Gasteiger partial charge in [0.1, 0.15) is 0 Å². The van der Waals surface area contributed by atoms with Crippen LogP contribution in [0.25, 0.3) is 0 Å². The van der Waals surface area contributed by atoms with E-state index in [2.05, 4.69) is 20.6 Å². The lowest BCUT2D eigenvalue weighted by molar-refractivity contribution is 0.197. The molecule has 1 aromatic rings. The SMILES string of the molecule is CCCOP(=O)(N=Nc1ccc(NNP(=O)(OCCC)OCCC)cc1)OCCC. The van der Waals surface area contributed by atoms with Crippen LogP contribution in [0.2, 0.25) is 0 Å². The van der Waals surface area contributed by atoms with Gasteiger partial charge in [0, 0.05) is 5.69 Å². The van der Waals surface area contributed by atoms with Gasteiger partial charge in [0.2, 0.25) is 0 Å². The highest BCUT2D eigenvalue weighted by atomic mass is 31.2. The van der Waals surface area contributed by atoms with Crippen LogP contribution in [0.15, 0.2) is 34.3 Å². The Morgan fingerprint density at radius 2 is 1.23 bits per heavy atom. The molecular weight excluding hydrogens is 430 g/mol. The molecule has 0 spiro atoms. The Morgan fingerprint density at radius 3 is 1.70 bits per heavy atom. The molecule has 0 radical (unpaired) electrons. The first-order valence-corrected chi connectivity index (χ1v) is 13.3. The lowest BCUT2D eigenvalue weighted by Gasteiger charge is -2.19. The molecule has 0 aromatic heterocycles. The molecule has 10 nitrogen and oxygen atoms in total. The third-order valence-electron chi connectivity index (χ3n) is 3.32. The topological polar surface area (TPSA) is 120 Å². The molecule has 172 valence electrons. The van der Waals surface area contributed by atoms with Gasteiger partial charge in [-0.2, -0.15) is 0 Å². The second-order valence-corrected chi connectivity index (χ2v) is 9.64. The Morgan fingerprint density at radius 1 is 0.767 bits per heavy atom.